The second kappa shape index (κ2) is 3.90. The minimum Gasteiger partial charge on any atom is -0.379 e. The van der Waals surface area contributed by atoms with Gasteiger partial charge in [-0.15, -0.1) is 11.3 Å². The lowest BCUT2D eigenvalue weighted by Gasteiger charge is -2.38. The average molecular weight is 226 g/mol. The van der Waals surface area contributed by atoms with Crippen molar-refractivity contribution in [2.24, 2.45) is 5.41 Å². The molecule has 0 radical (unpaired) electrons. The number of hydrogen-bond donors (Lipinski definition) is 1. The summed E-state index contributed by atoms with van der Waals surface area (Å²) in [6.07, 6.45) is 0.809. The fourth-order valence-corrected chi connectivity index (χ4v) is 2.17. The standard InChI is InChI=1S/C10H14N2O2S/c1-3-10(5-14-6-10)8(13)12-9-11-7(2)4-15-9/h4H,3,5-6H2,1-2H3,(H,11,12,13). The summed E-state index contributed by atoms with van der Waals surface area (Å²) in [5, 5.41) is 5.45. The van der Waals surface area contributed by atoms with Gasteiger partial charge in [-0.2, -0.15) is 0 Å². The Hall–Kier alpha value is -0.940. The number of ether oxygens (including phenoxy) is 1. The number of hydrogen-bond acceptors (Lipinski definition) is 4. The summed E-state index contributed by atoms with van der Waals surface area (Å²) in [6.45, 7) is 4.97. The fraction of sp³-hybridized carbons (Fsp3) is 0.600. The van der Waals surface area contributed by atoms with Crippen LogP contribution in [-0.4, -0.2) is 24.1 Å². The van der Waals surface area contributed by atoms with E-state index < -0.39 is 0 Å². The lowest BCUT2D eigenvalue weighted by Crippen LogP contribution is -2.51. The van der Waals surface area contributed by atoms with Crippen molar-refractivity contribution in [3.8, 4) is 0 Å². The molecule has 0 spiro atoms. The zero-order valence-corrected chi connectivity index (χ0v) is 9.69. The van der Waals surface area contributed by atoms with E-state index in [1.165, 1.54) is 11.3 Å². The molecule has 0 aromatic carbocycles. The highest BCUT2D eigenvalue weighted by atomic mass is 32.1. The van der Waals surface area contributed by atoms with Gasteiger partial charge in [-0.1, -0.05) is 6.92 Å². The number of thiazole rings is 1. The average Bonchev–Trinajstić information content (AvgIpc) is 2.50. The first-order chi connectivity index (χ1) is 7.16. The topological polar surface area (TPSA) is 51.2 Å². The normalized spacial score (nSPS) is 18.3. The maximum absolute atomic E-state index is 11.9. The minimum atomic E-state index is -0.320. The van der Waals surface area contributed by atoms with Crippen molar-refractivity contribution >= 4 is 22.4 Å². The number of nitrogens with one attached hydrogen (secondary N) is 1. The van der Waals surface area contributed by atoms with E-state index in [1.807, 2.05) is 19.2 Å². The number of amides is 1. The van der Waals surface area contributed by atoms with Crippen molar-refractivity contribution in [1.82, 2.24) is 4.98 Å². The molecule has 1 fully saturated rings. The second-order valence-electron chi connectivity index (χ2n) is 3.87. The maximum atomic E-state index is 11.9. The van der Waals surface area contributed by atoms with Gasteiger partial charge in [0.1, 0.15) is 0 Å². The quantitative estimate of drug-likeness (QED) is 0.855. The molecule has 2 heterocycles. The van der Waals surface area contributed by atoms with Crippen LogP contribution in [0.1, 0.15) is 19.0 Å². The number of carbonyl (C=O) groups excluding carboxylic acids is 1. The van der Waals surface area contributed by atoms with Gasteiger partial charge in [0.2, 0.25) is 5.91 Å². The van der Waals surface area contributed by atoms with Crippen LogP contribution in [0.25, 0.3) is 0 Å². The van der Waals surface area contributed by atoms with Crippen LogP contribution >= 0.6 is 11.3 Å². The summed E-state index contributed by atoms with van der Waals surface area (Å²) in [7, 11) is 0. The van der Waals surface area contributed by atoms with E-state index in [9.17, 15) is 4.79 Å². The highest BCUT2D eigenvalue weighted by Gasteiger charge is 2.44. The van der Waals surface area contributed by atoms with Gasteiger partial charge in [-0.05, 0) is 13.3 Å². The van der Waals surface area contributed by atoms with Gasteiger partial charge in [-0.3, -0.25) is 4.79 Å². The Labute approximate surface area is 92.7 Å². The second-order valence-corrected chi connectivity index (χ2v) is 4.73. The number of aryl methyl sites for hydroxylation is 1. The van der Waals surface area contributed by atoms with E-state index in [4.69, 9.17) is 4.74 Å². The molecule has 1 aliphatic heterocycles. The Kier molecular flexibility index (Phi) is 2.75. The first-order valence-corrected chi connectivity index (χ1v) is 5.85. The number of nitrogens with zero attached hydrogens (tertiary/aromatic N) is 1. The molecule has 1 saturated heterocycles. The van der Waals surface area contributed by atoms with Crippen LogP contribution in [0.4, 0.5) is 5.13 Å². The van der Waals surface area contributed by atoms with E-state index in [2.05, 4.69) is 10.3 Å². The van der Waals surface area contributed by atoms with E-state index in [-0.39, 0.29) is 11.3 Å². The van der Waals surface area contributed by atoms with Gasteiger partial charge in [0.05, 0.1) is 24.3 Å². The first-order valence-electron chi connectivity index (χ1n) is 4.97. The molecule has 2 rings (SSSR count). The van der Waals surface area contributed by atoms with Crippen LogP contribution < -0.4 is 5.32 Å². The van der Waals surface area contributed by atoms with Crippen LogP contribution in [0.5, 0.6) is 0 Å². The van der Waals surface area contributed by atoms with Crippen molar-refractivity contribution in [3.05, 3.63) is 11.1 Å². The number of rotatable bonds is 3. The van der Waals surface area contributed by atoms with E-state index >= 15 is 0 Å². The van der Waals surface area contributed by atoms with Crippen molar-refractivity contribution in [2.75, 3.05) is 18.5 Å². The van der Waals surface area contributed by atoms with Crippen LogP contribution in [0, 0.1) is 12.3 Å². The van der Waals surface area contributed by atoms with Crippen LogP contribution in [0.3, 0.4) is 0 Å². The highest BCUT2D eigenvalue weighted by Crippen LogP contribution is 2.32. The van der Waals surface area contributed by atoms with Gasteiger partial charge in [0.25, 0.3) is 0 Å². The lowest BCUT2D eigenvalue weighted by molar-refractivity contribution is -0.156. The molecule has 82 valence electrons. The molecule has 1 amide bonds. The van der Waals surface area contributed by atoms with Gasteiger partial charge < -0.3 is 10.1 Å². The molecule has 1 aliphatic rings. The maximum Gasteiger partial charge on any atom is 0.237 e. The summed E-state index contributed by atoms with van der Waals surface area (Å²) in [4.78, 5) is 16.1. The molecule has 0 aliphatic carbocycles. The summed E-state index contributed by atoms with van der Waals surface area (Å²) in [5.41, 5.74) is 0.616. The Morgan fingerprint density at radius 2 is 2.47 bits per heavy atom. The molecule has 0 bridgehead atoms. The molecule has 1 aromatic heterocycles. The Morgan fingerprint density at radius 1 is 1.73 bits per heavy atom. The van der Waals surface area contributed by atoms with Gasteiger partial charge >= 0.3 is 0 Å². The molecule has 4 nitrogen and oxygen atoms in total. The molecule has 1 aromatic rings. The fourth-order valence-electron chi connectivity index (χ4n) is 1.49. The Balaban J connectivity index is 2.03. The zero-order valence-electron chi connectivity index (χ0n) is 8.87. The highest BCUT2D eigenvalue weighted by molar-refractivity contribution is 7.13. The van der Waals surface area contributed by atoms with E-state index in [0.717, 1.165) is 12.1 Å². The summed E-state index contributed by atoms with van der Waals surface area (Å²) in [5.74, 6) is 0.0330. The van der Waals surface area contributed by atoms with Gasteiger partial charge in [-0.25, -0.2) is 4.98 Å². The SMILES string of the molecule is CCC1(C(=O)Nc2nc(C)cs2)COC1. The minimum absolute atomic E-state index is 0.0330. The van der Waals surface area contributed by atoms with Crippen LogP contribution in [0.2, 0.25) is 0 Å². The number of carbonyl (C=O) groups is 1. The molecule has 5 heteroatoms. The third kappa shape index (κ3) is 1.89. The molecule has 0 unspecified atom stereocenters. The lowest BCUT2D eigenvalue weighted by atomic mass is 9.82. The summed E-state index contributed by atoms with van der Waals surface area (Å²) < 4.78 is 5.12. The van der Waals surface area contributed by atoms with Crippen molar-refractivity contribution in [3.63, 3.8) is 0 Å². The van der Waals surface area contributed by atoms with Crippen molar-refractivity contribution in [2.45, 2.75) is 20.3 Å². The Morgan fingerprint density at radius 3 is 2.87 bits per heavy atom. The number of aromatic nitrogens is 1. The third-order valence-electron chi connectivity index (χ3n) is 2.75. The van der Waals surface area contributed by atoms with Crippen LogP contribution in [-0.2, 0) is 9.53 Å². The van der Waals surface area contributed by atoms with E-state index in [0.29, 0.717) is 18.3 Å². The first kappa shape index (κ1) is 10.6. The molecule has 0 atom stereocenters. The summed E-state index contributed by atoms with van der Waals surface area (Å²) in [6, 6.07) is 0. The zero-order chi connectivity index (χ0) is 10.9. The van der Waals surface area contributed by atoms with Gasteiger partial charge in [0, 0.05) is 5.38 Å². The third-order valence-corrected chi connectivity index (χ3v) is 3.63. The Bertz CT molecular complexity index is 366. The largest absolute Gasteiger partial charge is 0.379 e. The molecule has 0 saturated carbocycles. The smallest absolute Gasteiger partial charge is 0.237 e. The van der Waals surface area contributed by atoms with E-state index in [1.54, 1.807) is 0 Å². The molecular formula is C10H14N2O2S. The van der Waals surface area contributed by atoms with Crippen molar-refractivity contribution < 1.29 is 9.53 Å². The predicted molar refractivity (Wildman–Crippen MR) is 59.0 cm³/mol. The summed E-state index contributed by atoms with van der Waals surface area (Å²) >= 11 is 1.46. The molecular weight excluding hydrogens is 212 g/mol. The van der Waals surface area contributed by atoms with Crippen LogP contribution in [0.15, 0.2) is 5.38 Å². The van der Waals surface area contributed by atoms with Gasteiger partial charge in [0.15, 0.2) is 5.13 Å². The predicted octanol–water partition coefficient (Wildman–Crippen LogP) is 1.82. The molecule has 1 N–H and O–H groups in total. The molecule has 15 heavy (non-hydrogen) atoms. The van der Waals surface area contributed by atoms with Crippen molar-refractivity contribution in [1.29, 1.82) is 0 Å². The number of anilines is 1. The monoisotopic (exact) mass is 226 g/mol.